The zero-order valence-corrected chi connectivity index (χ0v) is 17.0. The molecule has 1 amide bonds. The molecule has 1 unspecified atom stereocenters. The Hall–Kier alpha value is -1.56. The van der Waals surface area contributed by atoms with E-state index < -0.39 is 5.60 Å². The smallest absolute Gasteiger partial charge is 0.410 e. The Labute approximate surface area is 157 Å². The number of imidazole rings is 1. The second kappa shape index (κ2) is 6.98. The molecule has 2 heterocycles. The number of rotatable bonds is 3. The molecular weight excluding hydrogens is 382 g/mol. The Morgan fingerprint density at radius 3 is 2.84 bits per heavy atom. The van der Waals surface area contributed by atoms with Gasteiger partial charge in [-0.25, -0.2) is 9.78 Å². The first-order valence-corrected chi connectivity index (χ1v) is 9.72. The van der Waals surface area contributed by atoms with Crippen LogP contribution in [0, 0.1) is 0 Å². The van der Waals surface area contributed by atoms with Gasteiger partial charge in [0.15, 0.2) is 0 Å². The highest BCUT2D eigenvalue weighted by atomic mass is 79.9. The average Bonchev–Trinajstić information content (AvgIpc) is 3.10. The zero-order chi connectivity index (χ0) is 18.2. The van der Waals surface area contributed by atoms with E-state index in [0.717, 1.165) is 53.7 Å². The van der Waals surface area contributed by atoms with Gasteiger partial charge in [0.1, 0.15) is 11.4 Å². The number of aryl methyl sites for hydroxylation is 1. The van der Waals surface area contributed by atoms with E-state index in [2.05, 4.69) is 33.5 Å². The number of likely N-dealkylation sites (tertiary alicyclic amines) is 1. The maximum atomic E-state index is 12.5. The van der Waals surface area contributed by atoms with Crippen molar-refractivity contribution in [3.05, 3.63) is 28.5 Å². The van der Waals surface area contributed by atoms with Gasteiger partial charge in [-0.3, -0.25) is 0 Å². The molecule has 1 aromatic heterocycles. The van der Waals surface area contributed by atoms with Crippen LogP contribution < -0.4 is 0 Å². The molecule has 136 valence electrons. The van der Waals surface area contributed by atoms with Gasteiger partial charge >= 0.3 is 6.09 Å². The lowest BCUT2D eigenvalue weighted by atomic mass is 10.2. The van der Waals surface area contributed by atoms with E-state index in [0.29, 0.717) is 0 Å². The first-order chi connectivity index (χ1) is 11.8. The van der Waals surface area contributed by atoms with Gasteiger partial charge in [0, 0.05) is 24.0 Å². The van der Waals surface area contributed by atoms with Crippen LogP contribution in [0.2, 0.25) is 0 Å². The highest BCUT2D eigenvalue weighted by Crippen LogP contribution is 2.26. The molecule has 3 rings (SSSR count). The average molecular weight is 408 g/mol. The fraction of sp³-hybridized carbons (Fsp3) is 0.579. The van der Waals surface area contributed by atoms with E-state index in [-0.39, 0.29) is 12.1 Å². The molecule has 2 aromatic rings. The summed E-state index contributed by atoms with van der Waals surface area (Å²) in [6.07, 6.45) is 2.67. The van der Waals surface area contributed by atoms with Crippen LogP contribution >= 0.6 is 15.9 Å². The minimum Gasteiger partial charge on any atom is -0.444 e. The first-order valence-electron chi connectivity index (χ1n) is 8.93. The summed E-state index contributed by atoms with van der Waals surface area (Å²) in [5, 5.41) is 0. The van der Waals surface area contributed by atoms with Crippen molar-refractivity contribution in [2.45, 2.75) is 65.1 Å². The molecule has 6 heteroatoms. The second-order valence-corrected chi connectivity index (χ2v) is 8.51. The van der Waals surface area contributed by atoms with E-state index in [1.54, 1.807) is 0 Å². The summed E-state index contributed by atoms with van der Waals surface area (Å²) in [7, 11) is 0. The molecule has 0 saturated carbocycles. The summed E-state index contributed by atoms with van der Waals surface area (Å²) in [6, 6.07) is 6.34. The second-order valence-electron chi connectivity index (χ2n) is 7.60. The van der Waals surface area contributed by atoms with Crippen molar-refractivity contribution in [2.24, 2.45) is 0 Å². The molecule has 0 radical (unpaired) electrons. The van der Waals surface area contributed by atoms with Crippen LogP contribution in [0.25, 0.3) is 11.0 Å². The fourth-order valence-corrected chi connectivity index (χ4v) is 3.77. The minimum atomic E-state index is -0.465. The number of carbonyl (C=O) groups excluding carboxylic acids is 1. The van der Waals surface area contributed by atoms with Crippen molar-refractivity contribution >= 4 is 33.1 Å². The largest absolute Gasteiger partial charge is 0.444 e. The topological polar surface area (TPSA) is 47.4 Å². The van der Waals surface area contributed by atoms with Crippen LogP contribution in [0.15, 0.2) is 22.7 Å². The van der Waals surface area contributed by atoms with Crippen molar-refractivity contribution in [2.75, 3.05) is 6.54 Å². The molecule has 5 nitrogen and oxygen atoms in total. The first kappa shape index (κ1) is 18.2. The van der Waals surface area contributed by atoms with Gasteiger partial charge < -0.3 is 14.2 Å². The fourth-order valence-electron chi connectivity index (χ4n) is 3.42. The van der Waals surface area contributed by atoms with E-state index in [4.69, 9.17) is 9.72 Å². The van der Waals surface area contributed by atoms with E-state index in [9.17, 15) is 4.79 Å². The standard InChI is InChI=1S/C19H26BrN3O2/c1-5-17-21-15-11-13(20)8-9-16(15)23(17)12-14-7-6-10-22(14)18(24)25-19(2,3)4/h8-9,11,14H,5-7,10,12H2,1-4H3. The number of ether oxygens (including phenoxy) is 1. The zero-order valence-electron chi connectivity index (χ0n) is 15.4. The Morgan fingerprint density at radius 1 is 1.40 bits per heavy atom. The molecule has 1 saturated heterocycles. The van der Waals surface area contributed by atoms with Crippen LogP contribution in [-0.4, -0.2) is 38.7 Å². The number of hydrogen-bond acceptors (Lipinski definition) is 3. The predicted octanol–water partition coefficient (Wildman–Crippen LogP) is 4.76. The van der Waals surface area contributed by atoms with Crippen LogP contribution in [0.4, 0.5) is 4.79 Å². The van der Waals surface area contributed by atoms with E-state index in [1.165, 1.54) is 0 Å². The van der Waals surface area contributed by atoms with Gasteiger partial charge in [-0.05, 0) is 51.8 Å². The van der Waals surface area contributed by atoms with Crippen molar-refractivity contribution in [1.29, 1.82) is 0 Å². The molecule has 0 N–H and O–H groups in total. The van der Waals surface area contributed by atoms with Gasteiger partial charge in [-0.2, -0.15) is 0 Å². The van der Waals surface area contributed by atoms with Gasteiger partial charge in [0.25, 0.3) is 0 Å². The Bertz CT molecular complexity index is 779. The summed E-state index contributed by atoms with van der Waals surface area (Å²) in [5.74, 6) is 1.06. The van der Waals surface area contributed by atoms with Gasteiger partial charge in [-0.1, -0.05) is 22.9 Å². The Kier molecular flexibility index (Phi) is 5.09. The molecule has 1 aliphatic heterocycles. The lowest BCUT2D eigenvalue weighted by Gasteiger charge is -2.29. The summed E-state index contributed by atoms with van der Waals surface area (Å²) >= 11 is 3.51. The van der Waals surface area contributed by atoms with Crippen LogP contribution in [0.5, 0.6) is 0 Å². The van der Waals surface area contributed by atoms with Gasteiger partial charge in [0.2, 0.25) is 0 Å². The van der Waals surface area contributed by atoms with Crippen molar-refractivity contribution in [3.8, 4) is 0 Å². The van der Waals surface area contributed by atoms with E-state index in [1.807, 2.05) is 37.8 Å². The summed E-state index contributed by atoms with van der Waals surface area (Å²) in [5.41, 5.74) is 1.65. The SMILES string of the molecule is CCc1nc2cc(Br)ccc2n1CC1CCCN1C(=O)OC(C)(C)C. The van der Waals surface area contributed by atoms with Gasteiger partial charge in [0.05, 0.1) is 17.1 Å². The number of hydrogen-bond donors (Lipinski definition) is 0. The van der Waals surface area contributed by atoms with Gasteiger partial charge in [-0.15, -0.1) is 0 Å². The third kappa shape index (κ3) is 4.00. The Balaban J connectivity index is 1.86. The van der Waals surface area contributed by atoms with Crippen molar-refractivity contribution < 1.29 is 9.53 Å². The highest BCUT2D eigenvalue weighted by Gasteiger charge is 2.33. The molecule has 1 aromatic carbocycles. The van der Waals surface area contributed by atoms with Crippen LogP contribution in [0.3, 0.4) is 0 Å². The molecule has 0 spiro atoms. The predicted molar refractivity (Wildman–Crippen MR) is 103 cm³/mol. The lowest BCUT2D eigenvalue weighted by molar-refractivity contribution is 0.0214. The molecule has 1 fully saturated rings. The number of fused-ring (bicyclic) bond motifs is 1. The number of aromatic nitrogens is 2. The number of carbonyl (C=O) groups is 1. The number of amides is 1. The quantitative estimate of drug-likeness (QED) is 0.736. The molecule has 1 atom stereocenters. The monoisotopic (exact) mass is 407 g/mol. The lowest BCUT2D eigenvalue weighted by Crippen LogP contribution is -2.41. The summed E-state index contributed by atoms with van der Waals surface area (Å²) < 4.78 is 8.88. The number of benzene rings is 1. The Morgan fingerprint density at radius 2 is 2.16 bits per heavy atom. The summed E-state index contributed by atoms with van der Waals surface area (Å²) in [4.78, 5) is 19.2. The molecule has 0 aliphatic carbocycles. The van der Waals surface area contributed by atoms with Crippen LogP contribution in [-0.2, 0) is 17.7 Å². The van der Waals surface area contributed by atoms with E-state index >= 15 is 0 Å². The summed E-state index contributed by atoms with van der Waals surface area (Å²) in [6.45, 7) is 9.37. The number of nitrogens with zero attached hydrogens (tertiary/aromatic N) is 3. The normalized spacial score (nSPS) is 18.1. The molecule has 25 heavy (non-hydrogen) atoms. The molecule has 1 aliphatic rings. The maximum absolute atomic E-state index is 12.5. The van der Waals surface area contributed by atoms with Crippen LogP contribution in [0.1, 0.15) is 46.4 Å². The third-order valence-electron chi connectivity index (χ3n) is 4.50. The van der Waals surface area contributed by atoms with Crippen molar-refractivity contribution in [3.63, 3.8) is 0 Å². The number of halogens is 1. The molecule has 0 bridgehead atoms. The maximum Gasteiger partial charge on any atom is 0.410 e. The third-order valence-corrected chi connectivity index (χ3v) is 5.00. The highest BCUT2D eigenvalue weighted by molar-refractivity contribution is 9.10. The minimum absolute atomic E-state index is 0.154. The van der Waals surface area contributed by atoms with Crippen molar-refractivity contribution in [1.82, 2.24) is 14.5 Å². The molecular formula is C19H26BrN3O2.